The van der Waals surface area contributed by atoms with Crippen molar-refractivity contribution in [1.82, 2.24) is 20.1 Å². The zero-order valence-corrected chi connectivity index (χ0v) is 20.1. The molecular formula is C23H25ClFN5O2S. The predicted molar refractivity (Wildman–Crippen MR) is 128 cm³/mol. The van der Waals surface area contributed by atoms with Crippen LogP contribution >= 0.6 is 23.4 Å². The second kappa shape index (κ2) is 11.3. The third kappa shape index (κ3) is 6.11. The summed E-state index contributed by atoms with van der Waals surface area (Å²) in [5, 5.41) is 15.0. The Morgan fingerprint density at radius 3 is 2.48 bits per heavy atom. The highest BCUT2D eigenvalue weighted by Gasteiger charge is 2.26. The Kier molecular flexibility index (Phi) is 8.46. The smallest absolute Gasteiger partial charge is 0.253 e. The van der Waals surface area contributed by atoms with Gasteiger partial charge in [-0.05, 0) is 37.1 Å². The van der Waals surface area contributed by atoms with Crippen LogP contribution in [0.3, 0.4) is 0 Å². The van der Waals surface area contributed by atoms with Crippen LogP contribution in [0, 0.1) is 11.7 Å². The van der Waals surface area contributed by atoms with Crippen molar-refractivity contribution in [1.29, 1.82) is 0 Å². The number of hydrogen-bond acceptors (Lipinski definition) is 5. The molecule has 0 unspecified atom stereocenters. The number of para-hydroxylation sites is 1. The van der Waals surface area contributed by atoms with E-state index in [-0.39, 0.29) is 29.2 Å². The Labute approximate surface area is 201 Å². The summed E-state index contributed by atoms with van der Waals surface area (Å²) < 4.78 is 15.6. The molecule has 0 aliphatic heterocycles. The first-order valence-electron chi connectivity index (χ1n) is 10.5. The lowest BCUT2D eigenvalue weighted by Crippen LogP contribution is -2.34. The highest BCUT2D eigenvalue weighted by Crippen LogP contribution is 2.26. The molecule has 33 heavy (non-hydrogen) atoms. The van der Waals surface area contributed by atoms with Crippen LogP contribution in [0.5, 0.6) is 0 Å². The Bertz CT molecular complexity index is 1140. The number of thioether (sulfide) groups is 1. The van der Waals surface area contributed by atoms with Crippen molar-refractivity contribution in [2.45, 2.75) is 38.5 Å². The summed E-state index contributed by atoms with van der Waals surface area (Å²) in [7, 11) is 0. The van der Waals surface area contributed by atoms with E-state index in [1.807, 2.05) is 25.3 Å². The standard InChI is InChI=1S/C23H25ClFN5O2S/c1-4-30-21(20(14(2)3)27-22(32)15-9-5-6-10-16(15)24)28-29-23(30)33-13-19(31)26-18-12-8-7-11-17(18)25/h5-12,14,20H,4,13H2,1-3H3,(H,26,31)(H,27,32)/t20-/m0/s1. The van der Waals surface area contributed by atoms with Crippen LogP contribution in [0.1, 0.15) is 43.0 Å². The minimum absolute atomic E-state index is 0.0214. The number of halogens is 2. The van der Waals surface area contributed by atoms with Crippen molar-refractivity contribution in [2.75, 3.05) is 11.1 Å². The third-order valence-electron chi connectivity index (χ3n) is 4.89. The van der Waals surface area contributed by atoms with Gasteiger partial charge in [0.1, 0.15) is 5.82 Å². The summed E-state index contributed by atoms with van der Waals surface area (Å²) in [6.07, 6.45) is 0. The van der Waals surface area contributed by atoms with E-state index in [0.717, 1.165) is 0 Å². The molecule has 0 spiro atoms. The van der Waals surface area contributed by atoms with Gasteiger partial charge in [-0.3, -0.25) is 9.59 Å². The van der Waals surface area contributed by atoms with Gasteiger partial charge in [-0.15, -0.1) is 10.2 Å². The first-order chi connectivity index (χ1) is 15.8. The van der Waals surface area contributed by atoms with Gasteiger partial charge in [-0.2, -0.15) is 0 Å². The number of carbonyl (C=O) groups excluding carboxylic acids is 2. The fourth-order valence-corrected chi connectivity index (χ4v) is 4.24. The molecule has 1 atom stereocenters. The topological polar surface area (TPSA) is 88.9 Å². The molecule has 174 valence electrons. The number of carbonyl (C=O) groups is 2. The largest absolute Gasteiger partial charge is 0.342 e. The quantitative estimate of drug-likeness (QED) is 0.415. The highest BCUT2D eigenvalue weighted by molar-refractivity contribution is 7.99. The zero-order valence-electron chi connectivity index (χ0n) is 18.5. The van der Waals surface area contributed by atoms with Crippen molar-refractivity contribution in [3.63, 3.8) is 0 Å². The Morgan fingerprint density at radius 1 is 1.12 bits per heavy atom. The molecule has 1 aromatic heterocycles. The molecule has 0 radical (unpaired) electrons. The molecule has 2 aromatic carbocycles. The molecule has 3 rings (SSSR count). The zero-order chi connectivity index (χ0) is 24.0. The molecule has 2 N–H and O–H groups in total. The monoisotopic (exact) mass is 489 g/mol. The van der Waals surface area contributed by atoms with Gasteiger partial charge in [0.25, 0.3) is 5.91 Å². The number of nitrogens with zero attached hydrogens (tertiary/aromatic N) is 3. The molecule has 0 saturated carbocycles. The van der Waals surface area contributed by atoms with E-state index < -0.39 is 11.9 Å². The molecular weight excluding hydrogens is 465 g/mol. The molecule has 2 amide bonds. The lowest BCUT2D eigenvalue weighted by Gasteiger charge is -2.22. The SMILES string of the molecule is CCn1c(SCC(=O)Nc2ccccc2F)nnc1[C@@H](NC(=O)c1ccccc1Cl)C(C)C. The molecule has 3 aromatic rings. The summed E-state index contributed by atoms with van der Waals surface area (Å²) in [5.41, 5.74) is 0.509. The van der Waals surface area contributed by atoms with Gasteiger partial charge in [0.05, 0.1) is 28.1 Å². The number of benzene rings is 2. The van der Waals surface area contributed by atoms with E-state index in [2.05, 4.69) is 20.8 Å². The highest BCUT2D eigenvalue weighted by atomic mass is 35.5. The van der Waals surface area contributed by atoms with Gasteiger partial charge < -0.3 is 15.2 Å². The van der Waals surface area contributed by atoms with Crippen LogP contribution in [0.15, 0.2) is 53.7 Å². The maximum absolute atomic E-state index is 13.8. The average molecular weight is 490 g/mol. The fourth-order valence-electron chi connectivity index (χ4n) is 3.21. The van der Waals surface area contributed by atoms with Crippen LogP contribution in [0.4, 0.5) is 10.1 Å². The van der Waals surface area contributed by atoms with Crippen LogP contribution in [0.25, 0.3) is 0 Å². The van der Waals surface area contributed by atoms with Crippen LogP contribution in [0.2, 0.25) is 5.02 Å². The Hall–Kier alpha value is -2.91. The lowest BCUT2D eigenvalue weighted by molar-refractivity contribution is -0.113. The number of hydrogen-bond donors (Lipinski definition) is 2. The summed E-state index contributed by atoms with van der Waals surface area (Å²) in [4.78, 5) is 25.1. The molecule has 0 aliphatic carbocycles. The van der Waals surface area contributed by atoms with Gasteiger partial charge in [0, 0.05) is 6.54 Å². The maximum Gasteiger partial charge on any atom is 0.253 e. The first kappa shape index (κ1) is 24.7. The molecule has 10 heteroatoms. The van der Waals surface area contributed by atoms with Gasteiger partial charge in [0.15, 0.2) is 11.0 Å². The van der Waals surface area contributed by atoms with Gasteiger partial charge in [-0.1, -0.05) is 61.5 Å². The van der Waals surface area contributed by atoms with Gasteiger partial charge in [0.2, 0.25) is 5.91 Å². The number of amides is 2. The van der Waals surface area contributed by atoms with Crippen LogP contribution < -0.4 is 10.6 Å². The minimum Gasteiger partial charge on any atom is -0.342 e. The fraction of sp³-hybridized carbons (Fsp3) is 0.304. The Balaban J connectivity index is 1.73. The number of aromatic nitrogens is 3. The van der Waals surface area contributed by atoms with Crippen LogP contribution in [-0.2, 0) is 11.3 Å². The van der Waals surface area contributed by atoms with E-state index in [4.69, 9.17) is 11.6 Å². The first-order valence-corrected chi connectivity index (χ1v) is 11.8. The van der Waals surface area contributed by atoms with Crippen molar-refractivity contribution in [2.24, 2.45) is 5.92 Å². The van der Waals surface area contributed by atoms with Gasteiger partial charge in [-0.25, -0.2) is 4.39 Å². The predicted octanol–water partition coefficient (Wildman–Crippen LogP) is 4.95. The number of rotatable bonds is 9. The number of nitrogens with one attached hydrogen (secondary N) is 2. The molecule has 0 bridgehead atoms. The van der Waals surface area contributed by atoms with Crippen molar-refractivity contribution >= 4 is 40.9 Å². The second-order valence-corrected chi connectivity index (χ2v) is 8.93. The molecule has 0 fully saturated rings. The molecule has 0 aliphatic rings. The van der Waals surface area contributed by atoms with E-state index in [1.165, 1.54) is 23.9 Å². The Morgan fingerprint density at radius 2 is 1.82 bits per heavy atom. The minimum atomic E-state index is -0.496. The summed E-state index contributed by atoms with van der Waals surface area (Å²) in [6, 6.07) is 12.4. The summed E-state index contributed by atoms with van der Waals surface area (Å²) >= 11 is 7.36. The molecule has 0 saturated heterocycles. The lowest BCUT2D eigenvalue weighted by atomic mass is 10.0. The normalized spacial score (nSPS) is 11.9. The summed E-state index contributed by atoms with van der Waals surface area (Å²) in [5.74, 6) is -0.514. The molecule has 1 heterocycles. The average Bonchev–Trinajstić information content (AvgIpc) is 3.20. The van der Waals surface area contributed by atoms with E-state index in [0.29, 0.717) is 28.1 Å². The molecule has 7 nitrogen and oxygen atoms in total. The third-order valence-corrected chi connectivity index (χ3v) is 6.19. The van der Waals surface area contributed by atoms with Gasteiger partial charge >= 0.3 is 0 Å². The van der Waals surface area contributed by atoms with E-state index >= 15 is 0 Å². The van der Waals surface area contributed by atoms with Crippen molar-refractivity contribution in [3.8, 4) is 0 Å². The maximum atomic E-state index is 13.8. The van der Waals surface area contributed by atoms with E-state index in [9.17, 15) is 14.0 Å². The van der Waals surface area contributed by atoms with Crippen LogP contribution in [-0.4, -0.2) is 32.3 Å². The second-order valence-electron chi connectivity index (χ2n) is 7.58. The number of anilines is 1. The van der Waals surface area contributed by atoms with Crippen molar-refractivity contribution < 1.29 is 14.0 Å². The summed E-state index contributed by atoms with van der Waals surface area (Å²) in [6.45, 7) is 6.43. The van der Waals surface area contributed by atoms with E-state index in [1.54, 1.807) is 36.4 Å². The van der Waals surface area contributed by atoms with Crippen molar-refractivity contribution in [3.05, 3.63) is 70.8 Å².